The molecule has 17 heavy (non-hydrogen) atoms. The van der Waals surface area contributed by atoms with Gasteiger partial charge in [0.05, 0.1) is 0 Å². The van der Waals surface area contributed by atoms with Crippen molar-refractivity contribution >= 4 is 0 Å². The van der Waals surface area contributed by atoms with Crippen LogP contribution >= 0.6 is 0 Å². The molecule has 3 atom stereocenters. The predicted octanol–water partition coefficient (Wildman–Crippen LogP) is 1.01. The van der Waals surface area contributed by atoms with Gasteiger partial charge in [-0.1, -0.05) is 6.42 Å². The molecule has 3 fully saturated rings. The average molecular weight is 237 g/mol. The third-order valence-corrected chi connectivity index (χ3v) is 5.17. The lowest BCUT2D eigenvalue weighted by Crippen LogP contribution is -2.39. The van der Waals surface area contributed by atoms with Gasteiger partial charge in [-0.15, -0.1) is 0 Å². The van der Waals surface area contributed by atoms with Gasteiger partial charge in [0.2, 0.25) is 0 Å². The highest BCUT2D eigenvalue weighted by Crippen LogP contribution is 2.27. The molecule has 3 heteroatoms. The van der Waals surface area contributed by atoms with Crippen LogP contribution in [0.5, 0.6) is 0 Å². The normalized spacial score (nSPS) is 39.7. The second-order valence-corrected chi connectivity index (χ2v) is 6.36. The van der Waals surface area contributed by atoms with Crippen LogP contribution in [0.4, 0.5) is 0 Å². The Morgan fingerprint density at radius 2 is 1.88 bits per heavy atom. The van der Waals surface area contributed by atoms with Gasteiger partial charge in [-0.05, 0) is 64.3 Å². The Morgan fingerprint density at radius 3 is 2.59 bits per heavy atom. The van der Waals surface area contributed by atoms with Crippen molar-refractivity contribution in [2.24, 2.45) is 11.8 Å². The summed E-state index contributed by atoms with van der Waals surface area (Å²) >= 11 is 0. The minimum atomic E-state index is 0.863. The molecule has 0 amide bonds. The smallest absolute Gasteiger partial charge is 0.0104 e. The van der Waals surface area contributed by atoms with Crippen LogP contribution in [0.25, 0.3) is 0 Å². The summed E-state index contributed by atoms with van der Waals surface area (Å²) in [7, 11) is 2.31. The zero-order valence-corrected chi connectivity index (χ0v) is 11.2. The molecule has 0 radical (unpaired) electrons. The van der Waals surface area contributed by atoms with Crippen LogP contribution in [-0.4, -0.2) is 62.2 Å². The number of fused-ring (bicyclic) bond motifs is 1. The molecule has 0 saturated carbocycles. The molecule has 3 saturated heterocycles. The highest BCUT2D eigenvalue weighted by molar-refractivity contribution is 4.91. The number of rotatable bonds is 3. The highest BCUT2D eigenvalue weighted by atomic mass is 15.2. The zero-order chi connectivity index (χ0) is 11.7. The van der Waals surface area contributed by atoms with E-state index in [1.807, 2.05) is 0 Å². The van der Waals surface area contributed by atoms with Gasteiger partial charge in [-0.2, -0.15) is 0 Å². The molecule has 0 bridgehead atoms. The number of hydrogen-bond acceptors (Lipinski definition) is 3. The molecule has 0 aromatic heterocycles. The van der Waals surface area contributed by atoms with Crippen molar-refractivity contribution in [2.75, 3.05) is 46.3 Å². The Bertz CT molecular complexity index is 244. The summed E-state index contributed by atoms with van der Waals surface area (Å²) in [5, 5.41) is 3.52. The second kappa shape index (κ2) is 5.25. The molecule has 3 aliphatic heterocycles. The van der Waals surface area contributed by atoms with E-state index in [-0.39, 0.29) is 0 Å². The first kappa shape index (κ1) is 11.9. The van der Waals surface area contributed by atoms with Crippen LogP contribution in [0, 0.1) is 11.8 Å². The van der Waals surface area contributed by atoms with Crippen LogP contribution in [0.2, 0.25) is 0 Å². The fraction of sp³-hybridized carbons (Fsp3) is 1.00. The molecule has 3 rings (SSSR count). The van der Waals surface area contributed by atoms with Crippen LogP contribution < -0.4 is 5.32 Å². The maximum absolute atomic E-state index is 3.52. The minimum absolute atomic E-state index is 0.863. The van der Waals surface area contributed by atoms with Gasteiger partial charge in [0.15, 0.2) is 0 Å². The Balaban J connectivity index is 1.42. The SMILES string of the molecule is CN1CCCCC1CCN1CC2CNCC2C1. The monoisotopic (exact) mass is 237 g/mol. The lowest BCUT2D eigenvalue weighted by Gasteiger charge is -2.33. The van der Waals surface area contributed by atoms with Crippen LogP contribution in [0.3, 0.4) is 0 Å². The first-order valence-corrected chi connectivity index (χ1v) is 7.46. The predicted molar refractivity (Wildman–Crippen MR) is 71.2 cm³/mol. The van der Waals surface area contributed by atoms with E-state index in [1.54, 1.807) is 0 Å². The quantitative estimate of drug-likeness (QED) is 0.790. The Labute approximate surface area is 106 Å². The number of nitrogens with zero attached hydrogens (tertiary/aromatic N) is 2. The van der Waals surface area contributed by atoms with E-state index in [4.69, 9.17) is 0 Å². The number of piperidine rings is 1. The standard InChI is InChI=1S/C14H27N3/c1-16-6-3-2-4-14(16)5-7-17-10-12-8-15-9-13(12)11-17/h12-15H,2-11H2,1H3. The summed E-state index contributed by atoms with van der Waals surface area (Å²) in [5.74, 6) is 1.91. The van der Waals surface area contributed by atoms with Gasteiger partial charge in [-0.25, -0.2) is 0 Å². The first-order valence-electron chi connectivity index (χ1n) is 7.46. The van der Waals surface area contributed by atoms with Crippen molar-refractivity contribution in [3.05, 3.63) is 0 Å². The van der Waals surface area contributed by atoms with Crippen molar-refractivity contribution in [1.82, 2.24) is 15.1 Å². The summed E-state index contributed by atoms with van der Waals surface area (Å²) in [5.41, 5.74) is 0. The van der Waals surface area contributed by atoms with Gasteiger partial charge in [0.1, 0.15) is 0 Å². The van der Waals surface area contributed by atoms with Gasteiger partial charge in [0.25, 0.3) is 0 Å². The number of hydrogen-bond donors (Lipinski definition) is 1. The Hall–Kier alpha value is -0.120. The van der Waals surface area contributed by atoms with Gasteiger partial charge in [-0.3, -0.25) is 0 Å². The van der Waals surface area contributed by atoms with Crippen LogP contribution in [-0.2, 0) is 0 Å². The van der Waals surface area contributed by atoms with E-state index in [1.165, 1.54) is 65.0 Å². The molecule has 0 aromatic rings. The molecule has 0 aliphatic carbocycles. The second-order valence-electron chi connectivity index (χ2n) is 6.36. The van der Waals surface area contributed by atoms with Crippen LogP contribution in [0.1, 0.15) is 25.7 Å². The van der Waals surface area contributed by atoms with Gasteiger partial charge in [0, 0.05) is 19.1 Å². The summed E-state index contributed by atoms with van der Waals surface area (Å²) in [4.78, 5) is 5.31. The Kier molecular flexibility index (Phi) is 3.69. The number of nitrogens with one attached hydrogen (secondary N) is 1. The average Bonchev–Trinajstić information content (AvgIpc) is 2.88. The lowest BCUT2D eigenvalue weighted by atomic mass is 10.00. The van der Waals surface area contributed by atoms with E-state index in [9.17, 15) is 0 Å². The summed E-state index contributed by atoms with van der Waals surface area (Å²) < 4.78 is 0. The number of likely N-dealkylation sites (tertiary alicyclic amines) is 2. The van der Waals surface area contributed by atoms with Crippen molar-refractivity contribution in [1.29, 1.82) is 0 Å². The topological polar surface area (TPSA) is 18.5 Å². The lowest BCUT2D eigenvalue weighted by molar-refractivity contribution is 0.158. The summed E-state index contributed by atoms with van der Waals surface area (Å²) in [6.07, 6.45) is 5.68. The molecule has 3 nitrogen and oxygen atoms in total. The molecule has 3 aliphatic rings. The Morgan fingerprint density at radius 1 is 1.12 bits per heavy atom. The van der Waals surface area contributed by atoms with Gasteiger partial charge < -0.3 is 15.1 Å². The van der Waals surface area contributed by atoms with Crippen molar-refractivity contribution in [3.63, 3.8) is 0 Å². The summed E-state index contributed by atoms with van der Waals surface area (Å²) in [6.45, 7) is 7.90. The molecule has 3 unspecified atom stereocenters. The van der Waals surface area contributed by atoms with E-state index in [2.05, 4.69) is 22.2 Å². The fourth-order valence-electron chi connectivity index (χ4n) is 3.98. The van der Waals surface area contributed by atoms with E-state index in [0.29, 0.717) is 0 Å². The van der Waals surface area contributed by atoms with Crippen molar-refractivity contribution < 1.29 is 0 Å². The summed E-state index contributed by atoms with van der Waals surface area (Å²) in [6, 6.07) is 0.863. The molecular weight excluding hydrogens is 210 g/mol. The molecule has 0 spiro atoms. The van der Waals surface area contributed by atoms with E-state index < -0.39 is 0 Å². The molecule has 3 heterocycles. The minimum Gasteiger partial charge on any atom is -0.316 e. The molecular formula is C14H27N3. The third kappa shape index (κ3) is 2.67. The molecule has 1 N–H and O–H groups in total. The maximum Gasteiger partial charge on any atom is 0.0104 e. The van der Waals surface area contributed by atoms with E-state index in [0.717, 1.165) is 17.9 Å². The largest absolute Gasteiger partial charge is 0.316 e. The fourth-order valence-corrected chi connectivity index (χ4v) is 3.98. The first-order chi connectivity index (χ1) is 8.33. The molecule has 98 valence electrons. The maximum atomic E-state index is 3.52. The zero-order valence-electron chi connectivity index (χ0n) is 11.2. The van der Waals surface area contributed by atoms with Gasteiger partial charge >= 0.3 is 0 Å². The highest BCUT2D eigenvalue weighted by Gasteiger charge is 2.35. The van der Waals surface area contributed by atoms with Crippen molar-refractivity contribution in [2.45, 2.75) is 31.7 Å². The van der Waals surface area contributed by atoms with Crippen molar-refractivity contribution in [3.8, 4) is 0 Å². The van der Waals surface area contributed by atoms with Crippen LogP contribution in [0.15, 0.2) is 0 Å². The molecule has 0 aromatic carbocycles. The van der Waals surface area contributed by atoms with E-state index >= 15 is 0 Å². The third-order valence-electron chi connectivity index (χ3n) is 5.17.